The van der Waals surface area contributed by atoms with Gasteiger partial charge in [0, 0.05) is 7.05 Å². The van der Waals surface area contributed by atoms with Crippen LogP contribution in [0.5, 0.6) is 0 Å². The van der Waals surface area contributed by atoms with Crippen LogP contribution in [0, 0.1) is 11.3 Å². The molecule has 3 heteroatoms. The van der Waals surface area contributed by atoms with E-state index < -0.39 is 0 Å². The number of rotatable bonds is 3. The van der Waals surface area contributed by atoms with E-state index in [1.165, 1.54) is 4.90 Å². The number of nitriles is 1. The summed E-state index contributed by atoms with van der Waals surface area (Å²) >= 11 is 0. The number of hydrogen-bond donors (Lipinski definition) is 0. The average molecular weight is 188 g/mol. The summed E-state index contributed by atoms with van der Waals surface area (Å²) in [5, 5.41) is 8.41. The summed E-state index contributed by atoms with van der Waals surface area (Å²) in [5.41, 5.74) is 0.974. The molecule has 14 heavy (non-hydrogen) atoms. The zero-order valence-corrected chi connectivity index (χ0v) is 8.10. The Morgan fingerprint density at radius 2 is 2.07 bits per heavy atom. The minimum Gasteiger partial charge on any atom is -0.332 e. The molecule has 72 valence electrons. The predicted octanol–water partition coefficient (Wildman–Crippen LogP) is 1.21. The Kier molecular flexibility index (Phi) is 3.69. The molecule has 1 rings (SSSR count). The van der Waals surface area contributed by atoms with Crippen LogP contribution in [-0.4, -0.2) is 24.4 Å². The van der Waals surface area contributed by atoms with Crippen LogP contribution < -0.4 is 0 Å². The highest BCUT2D eigenvalue weighted by Gasteiger charge is 2.07. The Labute approximate surface area is 83.6 Å². The molecule has 0 saturated carbocycles. The van der Waals surface area contributed by atoms with Gasteiger partial charge in [0.25, 0.3) is 0 Å². The van der Waals surface area contributed by atoms with Crippen LogP contribution in [0.4, 0.5) is 0 Å². The van der Waals surface area contributed by atoms with Crippen molar-refractivity contribution in [3.63, 3.8) is 0 Å². The van der Waals surface area contributed by atoms with Crippen molar-refractivity contribution in [3.8, 4) is 6.07 Å². The van der Waals surface area contributed by atoms with Gasteiger partial charge in [0.1, 0.15) is 6.54 Å². The van der Waals surface area contributed by atoms with Crippen LogP contribution in [0.3, 0.4) is 0 Å². The minimum atomic E-state index is -0.0299. The molecule has 0 aliphatic heterocycles. The first-order valence-electron chi connectivity index (χ1n) is 4.39. The van der Waals surface area contributed by atoms with Crippen molar-refractivity contribution in [2.75, 3.05) is 13.6 Å². The van der Waals surface area contributed by atoms with E-state index in [1.807, 2.05) is 36.4 Å². The second-order valence-corrected chi connectivity index (χ2v) is 3.07. The molecule has 1 amide bonds. The molecule has 0 radical (unpaired) electrons. The van der Waals surface area contributed by atoms with Gasteiger partial charge in [0.2, 0.25) is 5.91 Å². The maximum atomic E-state index is 11.5. The molecule has 1 aromatic carbocycles. The molecule has 1 aromatic rings. The Bertz CT molecular complexity index is 340. The molecule has 0 saturated heterocycles. The quantitative estimate of drug-likeness (QED) is 0.669. The van der Waals surface area contributed by atoms with Crippen molar-refractivity contribution in [2.24, 2.45) is 0 Å². The van der Waals surface area contributed by atoms with E-state index in [-0.39, 0.29) is 12.5 Å². The molecule has 0 aliphatic carbocycles. The number of amides is 1. The molecule has 0 heterocycles. The van der Waals surface area contributed by atoms with Crippen LogP contribution >= 0.6 is 0 Å². The standard InChI is InChI=1S/C11H12N2O/c1-13(8-7-12)11(14)9-10-5-3-2-4-6-10/h2-6H,8-9H2,1H3. The Morgan fingerprint density at radius 3 is 2.64 bits per heavy atom. The lowest BCUT2D eigenvalue weighted by molar-refractivity contribution is -0.128. The summed E-state index contributed by atoms with van der Waals surface area (Å²) in [6.45, 7) is 0.145. The van der Waals surface area contributed by atoms with E-state index in [2.05, 4.69) is 0 Å². The number of nitrogens with zero attached hydrogens (tertiary/aromatic N) is 2. The summed E-state index contributed by atoms with van der Waals surface area (Å²) < 4.78 is 0. The lowest BCUT2D eigenvalue weighted by Gasteiger charge is -2.12. The SMILES string of the molecule is CN(CC#N)C(=O)Cc1ccccc1. The molecule has 0 fully saturated rings. The molecule has 0 unspecified atom stereocenters. The molecule has 0 aliphatic rings. The third kappa shape index (κ3) is 2.91. The fraction of sp³-hybridized carbons (Fsp3) is 0.273. The third-order valence-corrected chi connectivity index (χ3v) is 1.93. The van der Waals surface area contributed by atoms with Gasteiger partial charge in [-0.05, 0) is 5.56 Å². The fourth-order valence-corrected chi connectivity index (χ4v) is 1.10. The van der Waals surface area contributed by atoms with E-state index in [0.717, 1.165) is 5.56 Å². The van der Waals surface area contributed by atoms with Gasteiger partial charge in [0.15, 0.2) is 0 Å². The van der Waals surface area contributed by atoms with Gasteiger partial charge >= 0.3 is 0 Å². The number of carbonyl (C=O) groups excluding carboxylic acids is 1. The number of benzene rings is 1. The summed E-state index contributed by atoms with van der Waals surface area (Å²) in [6.07, 6.45) is 0.360. The first-order valence-corrected chi connectivity index (χ1v) is 4.39. The smallest absolute Gasteiger partial charge is 0.227 e. The summed E-state index contributed by atoms with van der Waals surface area (Å²) in [6, 6.07) is 11.4. The normalized spacial score (nSPS) is 9.14. The molecular weight excluding hydrogens is 176 g/mol. The highest BCUT2D eigenvalue weighted by Crippen LogP contribution is 2.01. The zero-order chi connectivity index (χ0) is 10.4. The van der Waals surface area contributed by atoms with Gasteiger partial charge in [-0.2, -0.15) is 5.26 Å². The highest BCUT2D eigenvalue weighted by atomic mass is 16.2. The Hall–Kier alpha value is -1.82. The van der Waals surface area contributed by atoms with E-state index in [9.17, 15) is 4.79 Å². The van der Waals surface area contributed by atoms with Gasteiger partial charge in [-0.15, -0.1) is 0 Å². The molecule has 0 N–H and O–H groups in total. The molecule has 0 atom stereocenters. The first kappa shape index (κ1) is 10.3. The molecule has 0 spiro atoms. The van der Waals surface area contributed by atoms with Crippen molar-refractivity contribution in [1.29, 1.82) is 5.26 Å². The molecule has 0 bridgehead atoms. The number of carbonyl (C=O) groups is 1. The Balaban J connectivity index is 2.54. The molecule has 3 nitrogen and oxygen atoms in total. The van der Waals surface area contributed by atoms with Gasteiger partial charge < -0.3 is 4.90 Å². The lowest BCUT2D eigenvalue weighted by Crippen LogP contribution is -2.28. The van der Waals surface area contributed by atoms with Crippen molar-refractivity contribution in [2.45, 2.75) is 6.42 Å². The van der Waals surface area contributed by atoms with E-state index in [1.54, 1.807) is 7.05 Å². The predicted molar refractivity (Wildman–Crippen MR) is 53.4 cm³/mol. The van der Waals surface area contributed by atoms with Gasteiger partial charge in [-0.1, -0.05) is 30.3 Å². The topological polar surface area (TPSA) is 44.1 Å². The van der Waals surface area contributed by atoms with Gasteiger partial charge in [0.05, 0.1) is 12.5 Å². The second-order valence-electron chi connectivity index (χ2n) is 3.07. The van der Waals surface area contributed by atoms with Crippen LogP contribution in [0.1, 0.15) is 5.56 Å². The van der Waals surface area contributed by atoms with Gasteiger partial charge in [-0.3, -0.25) is 4.79 Å². The van der Waals surface area contributed by atoms with Gasteiger partial charge in [-0.25, -0.2) is 0 Å². The van der Waals surface area contributed by atoms with Crippen molar-refractivity contribution in [1.82, 2.24) is 4.90 Å². The van der Waals surface area contributed by atoms with Crippen LogP contribution in [0.25, 0.3) is 0 Å². The third-order valence-electron chi connectivity index (χ3n) is 1.93. The number of likely N-dealkylation sites (N-methyl/N-ethyl adjacent to an activating group) is 1. The van der Waals surface area contributed by atoms with Crippen molar-refractivity contribution < 1.29 is 4.79 Å². The highest BCUT2D eigenvalue weighted by molar-refractivity contribution is 5.78. The monoisotopic (exact) mass is 188 g/mol. The van der Waals surface area contributed by atoms with Crippen LogP contribution in [-0.2, 0) is 11.2 Å². The Morgan fingerprint density at radius 1 is 1.43 bits per heavy atom. The average Bonchev–Trinajstić information content (AvgIpc) is 2.19. The van der Waals surface area contributed by atoms with Crippen LogP contribution in [0.2, 0.25) is 0 Å². The van der Waals surface area contributed by atoms with E-state index >= 15 is 0 Å². The zero-order valence-electron chi connectivity index (χ0n) is 8.10. The number of hydrogen-bond acceptors (Lipinski definition) is 2. The van der Waals surface area contributed by atoms with Crippen molar-refractivity contribution >= 4 is 5.91 Å². The van der Waals surface area contributed by atoms with E-state index in [4.69, 9.17) is 5.26 Å². The van der Waals surface area contributed by atoms with Crippen molar-refractivity contribution in [3.05, 3.63) is 35.9 Å². The fourth-order valence-electron chi connectivity index (χ4n) is 1.10. The minimum absolute atomic E-state index is 0.0299. The maximum absolute atomic E-state index is 11.5. The maximum Gasteiger partial charge on any atom is 0.227 e. The summed E-state index contributed by atoms with van der Waals surface area (Å²) in [7, 11) is 1.63. The second kappa shape index (κ2) is 5.03. The molecule has 0 aromatic heterocycles. The summed E-state index contributed by atoms with van der Waals surface area (Å²) in [4.78, 5) is 12.9. The summed E-state index contributed by atoms with van der Waals surface area (Å²) in [5.74, 6) is -0.0299. The van der Waals surface area contributed by atoms with E-state index in [0.29, 0.717) is 6.42 Å². The lowest BCUT2D eigenvalue weighted by atomic mass is 10.1. The largest absolute Gasteiger partial charge is 0.332 e. The molecular formula is C11H12N2O. The first-order chi connectivity index (χ1) is 6.74. The van der Waals surface area contributed by atoms with Crippen LogP contribution in [0.15, 0.2) is 30.3 Å².